The Labute approximate surface area is 162 Å². The van der Waals surface area contributed by atoms with Crippen LogP contribution in [0.1, 0.15) is 57.4 Å². The molecule has 2 atom stereocenters. The zero-order chi connectivity index (χ0) is 18.4. The molecule has 0 bridgehead atoms. The fourth-order valence-electron chi connectivity index (χ4n) is 4.39. The van der Waals surface area contributed by atoms with Crippen LogP contribution in [0.4, 0.5) is 0 Å². The van der Waals surface area contributed by atoms with Crippen molar-refractivity contribution in [1.29, 1.82) is 0 Å². The maximum atomic E-state index is 12.6. The van der Waals surface area contributed by atoms with E-state index in [4.69, 9.17) is 11.6 Å². The van der Waals surface area contributed by atoms with Crippen molar-refractivity contribution in [2.24, 2.45) is 0 Å². The van der Waals surface area contributed by atoms with Gasteiger partial charge in [-0.2, -0.15) is 0 Å². The van der Waals surface area contributed by atoms with E-state index in [0.29, 0.717) is 18.6 Å². The minimum Gasteiger partial charge on any atom is -0.355 e. The molecule has 1 aliphatic heterocycles. The first-order chi connectivity index (χ1) is 12.7. The second kappa shape index (κ2) is 9.72. The van der Waals surface area contributed by atoms with E-state index in [1.54, 1.807) is 0 Å². The monoisotopic (exact) mass is 377 g/mol. The number of carbonyl (C=O) groups is 1. The zero-order valence-corrected chi connectivity index (χ0v) is 16.6. The topological polar surface area (TPSA) is 44.4 Å². The lowest BCUT2D eigenvalue weighted by Gasteiger charge is -2.24. The van der Waals surface area contributed by atoms with Crippen LogP contribution in [0.2, 0.25) is 5.02 Å². The van der Waals surface area contributed by atoms with E-state index in [0.717, 1.165) is 30.1 Å². The molecule has 0 spiro atoms. The summed E-state index contributed by atoms with van der Waals surface area (Å²) < 4.78 is 0. The molecule has 1 saturated heterocycles. The summed E-state index contributed by atoms with van der Waals surface area (Å²) in [4.78, 5) is 14.9. The number of benzene rings is 1. The van der Waals surface area contributed by atoms with Crippen molar-refractivity contribution < 1.29 is 4.79 Å². The van der Waals surface area contributed by atoms with E-state index in [1.165, 1.54) is 38.5 Å². The number of nitrogens with zero attached hydrogens (tertiary/aromatic N) is 1. The normalized spacial score (nSPS) is 25.2. The summed E-state index contributed by atoms with van der Waals surface area (Å²) in [6.45, 7) is 4.29. The van der Waals surface area contributed by atoms with E-state index in [-0.39, 0.29) is 11.9 Å². The molecule has 5 heteroatoms. The third kappa shape index (κ3) is 5.21. The summed E-state index contributed by atoms with van der Waals surface area (Å²) >= 11 is 6.36. The molecule has 4 nitrogen and oxygen atoms in total. The van der Waals surface area contributed by atoms with E-state index in [2.05, 4.69) is 21.6 Å². The van der Waals surface area contributed by atoms with Crippen molar-refractivity contribution in [3.05, 3.63) is 34.9 Å². The number of nitrogens with one attached hydrogen (secondary N) is 2. The molecule has 2 fully saturated rings. The minimum atomic E-state index is -0.0745. The molecule has 1 aromatic rings. The Bertz CT molecular complexity index is 586. The summed E-state index contributed by atoms with van der Waals surface area (Å²) in [5.41, 5.74) is 1.10. The highest BCUT2D eigenvalue weighted by Gasteiger charge is 2.37. The molecular formula is C21H32ClN3O. The van der Waals surface area contributed by atoms with E-state index < -0.39 is 0 Å². The molecule has 144 valence electrons. The van der Waals surface area contributed by atoms with Crippen molar-refractivity contribution in [3.63, 3.8) is 0 Å². The molecule has 1 amide bonds. The van der Waals surface area contributed by atoms with E-state index in [1.807, 2.05) is 25.1 Å². The van der Waals surface area contributed by atoms with Crippen LogP contribution in [-0.2, 0) is 11.3 Å². The van der Waals surface area contributed by atoms with Gasteiger partial charge in [0.15, 0.2) is 0 Å². The minimum absolute atomic E-state index is 0.0745. The molecule has 1 aliphatic carbocycles. The Morgan fingerprint density at radius 3 is 2.58 bits per heavy atom. The molecule has 0 unspecified atom stereocenters. The molecule has 2 aliphatic rings. The van der Waals surface area contributed by atoms with Crippen molar-refractivity contribution in [1.82, 2.24) is 15.5 Å². The van der Waals surface area contributed by atoms with Crippen LogP contribution in [0.25, 0.3) is 0 Å². The Balaban J connectivity index is 1.66. The van der Waals surface area contributed by atoms with Crippen LogP contribution in [-0.4, -0.2) is 42.0 Å². The molecular weight excluding hydrogens is 346 g/mol. The molecule has 3 rings (SSSR count). The predicted molar refractivity (Wildman–Crippen MR) is 107 cm³/mol. The number of likely N-dealkylation sites (tertiary alicyclic amines) is 1. The first kappa shape index (κ1) is 19.7. The van der Waals surface area contributed by atoms with Gasteiger partial charge in [-0.1, -0.05) is 55.5 Å². The quantitative estimate of drug-likeness (QED) is 0.742. The second-order valence-corrected chi connectivity index (χ2v) is 8.13. The van der Waals surface area contributed by atoms with Crippen molar-refractivity contribution in [2.45, 2.75) is 76.5 Å². The molecule has 26 heavy (non-hydrogen) atoms. The lowest BCUT2D eigenvalue weighted by molar-refractivity contribution is -0.125. The lowest BCUT2D eigenvalue weighted by Crippen LogP contribution is -2.42. The van der Waals surface area contributed by atoms with Crippen molar-refractivity contribution in [3.8, 4) is 0 Å². The molecule has 2 N–H and O–H groups in total. The van der Waals surface area contributed by atoms with Crippen LogP contribution >= 0.6 is 11.6 Å². The molecule has 1 aromatic carbocycles. The summed E-state index contributed by atoms with van der Waals surface area (Å²) in [7, 11) is 0. The SMILES string of the molecule is CCNC(=O)[C@@H]1C[C@H](NC2CCCCCC2)CN1Cc1ccccc1Cl. The number of likely N-dealkylation sites (N-methyl/N-ethyl adjacent to an activating group) is 1. The maximum absolute atomic E-state index is 12.6. The maximum Gasteiger partial charge on any atom is 0.237 e. The van der Waals surface area contributed by atoms with Gasteiger partial charge in [0.1, 0.15) is 0 Å². The van der Waals surface area contributed by atoms with Crippen LogP contribution < -0.4 is 10.6 Å². The summed E-state index contributed by atoms with van der Waals surface area (Å²) in [5.74, 6) is 0.143. The molecule has 0 aromatic heterocycles. The van der Waals surface area contributed by atoms with Crippen LogP contribution in [0, 0.1) is 0 Å². The lowest BCUT2D eigenvalue weighted by atomic mass is 10.1. The summed E-state index contributed by atoms with van der Waals surface area (Å²) in [5, 5.41) is 7.65. The number of rotatable bonds is 6. The van der Waals surface area contributed by atoms with Crippen LogP contribution in [0.5, 0.6) is 0 Å². The third-order valence-electron chi connectivity index (χ3n) is 5.71. The molecule has 1 heterocycles. The average molecular weight is 378 g/mol. The Morgan fingerprint density at radius 2 is 1.88 bits per heavy atom. The number of hydrogen-bond acceptors (Lipinski definition) is 3. The molecule has 0 radical (unpaired) electrons. The first-order valence-electron chi connectivity index (χ1n) is 10.2. The standard InChI is InChI=1S/C21H32ClN3O/c1-2-23-21(26)20-13-18(24-17-10-5-3-4-6-11-17)15-25(20)14-16-9-7-8-12-19(16)22/h7-9,12,17-18,20,24H,2-6,10-11,13-15H2,1H3,(H,23,26)/t18-,20-/m0/s1. The van der Waals surface area contributed by atoms with Crippen molar-refractivity contribution >= 4 is 17.5 Å². The second-order valence-electron chi connectivity index (χ2n) is 7.72. The smallest absolute Gasteiger partial charge is 0.237 e. The highest BCUT2D eigenvalue weighted by molar-refractivity contribution is 6.31. The Kier molecular flexibility index (Phi) is 7.35. The fourth-order valence-corrected chi connectivity index (χ4v) is 4.58. The highest BCUT2D eigenvalue weighted by atomic mass is 35.5. The van der Waals surface area contributed by atoms with Gasteiger partial charge in [-0.15, -0.1) is 0 Å². The van der Waals surface area contributed by atoms with Gasteiger partial charge in [-0.3, -0.25) is 9.69 Å². The van der Waals surface area contributed by atoms with Gasteiger partial charge < -0.3 is 10.6 Å². The zero-order valence-electron chi connectivity index (χ0n) is 15.8. The summed E-state index contributed by atoms with van der Waals surface area (Å²) in [6.07, 6.45) is 8.80. The van der Waals surface area contributed by atoms with Gasteiger partial charge in [0, 0.05) is 36.7 Å². The van der Waals surface area contributed by atoms with Gasteiger partial charge in [0.05, 0.1) is 6.04 Å². The number of hydrogen-bond donors (Lipinski definition) is 2. The number of carbonyl (C=O) groups excluding carboxylic acids is 1. The van der Waals surface area contributed by atoms with Crippen LogP contribution in [0.3, 0.4) is 0 Å². The number of halogens is 1. The largest absolute Gasteiger partial charge is 0.355 e. The fraction of sp³-hybridized carbons (Fsp3) is 0.667. The van der Waals surface area contributed by atoms with Gasteiger partial charge in [-0.25, -0.2) is 0 Å². The third-order valence-corrected chi connectivity index (χ3v) is 6.08. The molecule has 1 saturated carbocycles. The number of amides is 1. The first-order valence-corrected chi connectivity index (χ1v) is 10.6. The summed E-state index contributed by atoms with van der Waals surface area (Å²) in [6, 6.07) is 8.87. The Morgan fingerprint density at radius 1 is 1.15 bits per heavy atom. The highest BCUT2D eigenvalue weighted by Crippen LogP contribution is 2.26. The van der Waals surface area contributed by atoms with Gasteiger partial charge >= 0.3 is 0 Å². The Hall–Kier alpha value is -1.10. The average Bonchev–Trinajstić information content (AvgIpc) is 2.84. The van der Waals surface area contributed by atoms with Gasteiger partial charge in [0.25, 0.3) is 0 Å². The van der Waals surface area contributed by atoms with Gasteiger partial charge in [0.2, 0.25) is 5.91 Å². The van der Waals surface area contributed by atoms with Gasteiger partial charge in [-0.05, 0) is 37.8 Å². The van der Waals surface area contributed by atoms with E-state index >= 15 is 0 Å². The predicted octanol–water partition coefficient (Wildman–Crippen LogP) is 3.73. The van der Waals surface area contributed by atoms with Crippen molar-refractivity contribution in [2.75, 3.05) is 13.1 Å². The van der Waals surface area contributed by atoms with E-state index in [9.17, 15) is 4.79 Å². The van der Waals surface area contributed by atoms with Crippen LogP contribution in [0.15, 0.2) is 24.3 Å².